The average Bonchev–Trinajstić information content (AvgIpc) is 2.17. The van der Waals surface area contributed by atoms with Crippen LogP contribution in [0.15, 0.2) is 12.2 Å². The number of likely N-dealkylation sites (N-methyl/N-ethyl adjacent to an activating group) is 2. The lowest BCUT2D eigenvalue weighted by Crippen LogP contribution is -2.40. The zero-order valence-corrected chi connectivity index (χ0v) is 9.39. The number of nitrogens with zero attached hydrogens (tertiary/aromatic N) is 1. The van der Waals surface area contributed by atoms with Crippen LogP contribution in [0.2, 0.25) is 0 Å². The van der Waals surface area contributed by atoms with Crippen LogP contribution in [0.3, 0.4) is 0 Å². The minimum atomic E-state index is 0.0375. The third kappa shape index (κ3) is 4.99. The van der Waals surface area contributed by atoms with E-state index in [9.17, 15) is 4.79 Å². The normalized spacial score (nSPS) is 9.93. The van der Waals surface area contributed by atoms with Crippen molar-refractivity contribution in [2.45, 2.75) is 6.92 Å². The number of rotatable bonds is 7. The first-order valence-electron chi connectivity index (χ1n) is 4.87. The number of carbonyl (C=O) groups excluding carboxylic acids is 1. The molecule has 0 spiro atoms. The molecule has 0 fully saturated rings. The Balaban J connectivity index is 4.08. The minimum Gasteiger partial charge on any atom is -0.336 e. The number of nitrogens with one attached hydrogen (secondary N) is 2. The molecule has 0 rings (SSSR count). The van der Waals surface area contributed by atoms with Crippen molar-refractivity contribution in [2.24, 2.45) is 0 Å². The second-order valence-electron chi connectivity index (χ2n) is 3.28. The molecule has 0 saturated carbocycles. The molecule has 0 aliphatic carbocycles. The van der Waals surface area contributed by atoms with Crippen molar-refractivity contribution >= 4 is 5.91 Å². The van der Waals surface area contributed by atoms with Gasteiger partial charge < -0.3 is 15.5 Å². The standard InChI is InChI=1S/C10H21N3O/c1-9(2)10(14)13(7-5-11-3)8-6-12-4/h11-12H,1,5-8H2,2-4H3. The lowest BCUT2D eigenvalue weighted by atomic mass is 10.3. The zero-order valence-electron chi connectivity index (χ0n) is 9.39. The van der Waals surface area contributed by atoms with Crippen LogP contribution in [0.25, 0.3) is 0 Å². The SMILES string of the molecule is C=C(C)C(=O)N(CCNC)CCNC. The number of amides is 1. The summed E-state index contributed by atoms with van der Waals surface area (Å²) in [5.74, 6) is 0.0375. The molecule has 4 heteroatoms. The van der Waals surface area contributed by atoms with Crippen LogP contribution in [0.4, 0.5) is 0 Å². The minimum absolute atomic E-state index is 0.0375. The Morgan fingerprint density at radius 1 is 1.21 bits per heavy atom. The van der Waals surface area contributed by atoms with E-state index >= 15 is 0 Å². The first kappa shape index (κ1) is 13.1. The highest BCUT2D eigenvalue weighted by Gasteiger charge is 2.12. The summed E-state index contributed by atoms with van der Waals surface area (Å²) in [7, 11) is 3.75. The molecule has 0 atom stereocenters. The van der Waals surface area contributed by atoms with Gasteiger partial charge in [0.1, 0.15) is 0 Å². The maximum absolute atomic E-state index is 11.6. The summed E-state index contributed by atoms with van der Waals surface area (Å²) >= 11 is 0. The van der Waals surface area contributed by atoms with Crippen molar-refractivity contribution in [3.8, 4) is 0 Å². The van der Waals surface area contributed by atoms with Gasteiger partial charge in [0.05, 0.1) is 0 Å². The molecular weight excluding hydrogens is 178 g/mol. The highest BCUT2D eigenvalue weighted by atomic mass is 16.2. The molecule has 82 valence electrons. The average molecular weight is 199 g/mol. The molecule has 2 N–H and O–H groups in total. The Hall–Kier alpha value is -0.870. The van der Waals surface area contributed by atoms with Crippen LogP contribution in [0.5, 0.6) is 0 Å². The molecule has 0 aliphatic rings. The molecule has 0 heterocycles. The number of hydrogen-bond acceptors (Lipinski definition) is 3. The number of carbonyl (C=O) groups is 1. The maximum Gasteiger partial charge on any atom is 0.248 e. The summed E-state index contributed by atoms with van der Waals surface area (Å²) in [4.78, 5) is 13.4. The second kappa shape index (κ2) is 7.53. The lowest BCUT2D eigenvalue weighted by Gasteiger charge is -2.22. The lowest BCUT2D eigenvalue weighted by molar-refractivity contribution is -0.127. The van der Waals surface area contributed by atoms with Crippen molar-refractivity contribution in [3.63, 3.8) is 0 Å². The van der Waals surface area contributed by atoms with E-state index < -0.39 is 0 Å². The smallest absolute Gasteiger partial charge is 0.248 e. The third-order valence-electron chi connectivity index (χ3n) is 1.92. The van der Waals surface area contributed by atoms with Gasteiger partial charge in [0, 0.05) is 31.8 Å². The molecular formula is C10H21N3O. The van der Waals surface area contributed by atoms with E-state index in [0.29, 0.717) is 5.57 Å². The van der Waals surface area contributed by atoms with Crippen molar-refractivity contribution in [1.29, 1.82) is 0 Å². The molecule has 4 nitrogen and oxygen atoms in total. The highest BCUT2D eigenvalue weighted by Crippen LogP contribution is 1.97. The Morgan fingerprint density at radius 3 is 1.93 bits per heavy atom. The fourth-order valence-corrected chi connectivity index (χ4v) is 1.08. The van der Waals surface area contributed by atoms with E-state index in [-0.39, 0.29) is 5.91 Å². The van der Waals surface area contributed by atoms with Gasteiger partial charge in [-0.2, -0.15) is 0 Å². The topological polar surface area (TPSA) is 44.4 Å². The first-order valence-corrected chi connectivity index (χ1v) is 4.87. The Morgan fingerprint density at radius 2 is 1.64 bits per heavy atom. The van der Waals surface area contributed by atoms with Gasteiger partial charge in [-0.3, -0.25) is 4.79 Å². The van der Waals surface area contributed by atoms with Gasteiger partial charge in [0.15, 0.2) is 0 Å². The molecule has 1 amide bonds. The molecule has 14 heavy (non-hydrogen) atoms. The van der Waals surface area contributed by atoms with Crippen LogP contribution in [-0.4, -0.2) is 51.1 Å². The van der Waals surface area contributed by atoms with Crippen molar-refractivity contribution in [3.05, 3.63) is 12.2 Å². The summed E-state index contributed by atoms with van der Waals surface area (Å²) in [5, 5.41) is 6.05. The van der Waals surface area contributed by atoms with Crippen LogP contribution >= 0.6 is 0 Å². The van der Waals surface area contributed by atoms with Crippen LogP contribution < -0.4 is 10.6 Å². The molecule has 0 bridgehead atoms. The fourth-order valence-electron chi connectivity index (χ4n) is 1.08. The molecule has 0 radical (unpaired) electrons. The van der Waals surface area contributed by atoms with E-state index in [1.54, 1.807) is 11.8 Å². The molecule has 0 aromatic rings. The second-order valence-corrected chi connectivity index (χ2v) is 3.28. The Labute approximate surface area is 86.4 Å². The summed E-state index contributed by atoms with van der Waals surface area (Å²) in [6.45, 7) is 8.47. The van der Waals surface area contributed by atoms with Gasteiger partial charge in [0.2, 0.25) is 5.91 Å². The van der Waals surface area contributed by atoms with Gasteiger partial charge in [-0.15, -0.1) is 0 Å². The van der Waals surface area contributed by atoms with Crippen molar-refractivity contribution in [1.82, 2.24) is 15.5 Å². The predicted molar refractivity (Wildman–Crippen MR) is 59.2 cm³/mol. The van der Waals surface area contributed by atoms with Crippen LogP contribution in [0.1, 0.15) is 6.92 Å². The van der Waals surface area contributed by atoms with Gasteiger partial charge in [-0.1, -0.05) is 6.58 Å². The van der Waals surface area contributed by atoms with Crippen LogP contribution in [-0.2, 0) is 4.79 Å². The van der Waals surface area contributed by atoms with Crippen LogP contribution in [0, 0.1) is 0 Å². The summed E-state index contributed by atoms with van der Waals surface area (Å²) in [5.41, 5.74) is 0.595. The summed E-state index contributed by atoms with van der Waals surface area (Å²) < 4.78 is 0. The molecule has 0 unspecified atom stereocenters. The third-order valence-corrected chi connectivity index (χ3v) is 1.92. The summed E-state index contributed by atoms with van der Waals surface area (Å²) in [6, 6.07) is 0. The largest absolute Gasteiger partial charge is 0.336 e. The van der Waals surface area contributed by atoms with Crippen molar-refractivity contribution in [2.75, 3.05) is 40.3 Å². The molecule has 0 aliphatic heterocycles. The van der Waals surface area contributed by atoms with E-state index in [0.717, 1.165) is 26.2 Å². The molecule has 0 saturated heterocycles. The van der Waals surface area contributed by atoms with Gasteiger partial charge in [0.25, 0.3) is 0 Å². The molecule has 0 aromatic carbocycles. The fraction of sp³-hybridized carbons (Fsp3) is 0.700. The van der Waals surface area contributed by atoms with E-state index in [1.165, 1.54) is 0 Å². The van der Waals surface area contributed by atoms with Crippen molar-refractivity contribution < 1.29 is 4.79 Å². The van der Waals surface area contributed by atoms with Gasteiger partial charge in [-0.25, -0.2) is 0 Å². The zero-order chi connectivity index (χ0) is 11.0. The van der Waals surface area contributed by atoms with E-state index in [4.69, 9.17) is 0 Å². The quantitative estimate of drug-likeness (QED) is 0.560. The van der Waals surface area contributed by atoms with Gasteiger partial charge in [-0.05, 0) is 21.0 Å². The first-order chi connectivity index (χ1) is 6.63. The predicted octanol–water partition coefficient (Wildman–Crippen LogP) is -0.170. The maximum atomic E-state index is 11.6. The monoisotopic (exact) mass is 199 g/mol. The summed E-state index contributed by atoms with van der Waals surface area (Å²) in [6.07, 6.45) is 0. The molecule has 0 aromatic heterocycles. The van der Waals surface area contributed by atoms with E-state index in [1.807, 2.05) is 14.1 Å². The Bertz CT molecular complexity index is 184. The highest BCUT2D eigenvalue weighted by molar-refractivity contribution is 5.92. The van der Waals surface area contributed by atoms with E-state index in [2.05, 4.69) is 17.2 Å². The van der Waals surface area contributed by atoms with Gasteiger partial charge >= 0.3 is 0 Å². The number of hydrogen-bond donors (Lipinski definition) is 2. The Kier molecular flexibility index (Phi) is 7.06.